The zero-order chi connectivity index (χ0) is 15.3. The number of nitrogens with zero attached hydrogens (tertiary/aromatic N) is 1. The normalized spacial score (nSPS) is 11.7. The van der Waals surface area contributed by atoms with Crippen molar-refractivity contribution >= 4 is 17.6 Å². The lowest BCUT2D eigenvalue weighted by molar-refractivity contribution is -0.385. The van der Waals surface area contributed by atoms with Gasteiger partial charge in [0.2, 0.25) is 0 Å². The first kappa shape index (κ1) is 15.6. The van der Waals surface area contributed by atoms with Crippen molar-refractivity contribution in [3.8, 4) is 0 Å². The minimum absolute atomic E-state index is 0.183. The quantitative estimate of drug-likeness (QED) is 0.586. The van der Waals surface area contributed by atoms with Gasteiger partial charge in [-0.05, 0) is 13.0 Å². The molecule has 0 aliphatic carbocycles. The highest BCUT2D eigenvalue weighted by atomic mass is 16.6. The van der Waals surface area contributed by atoms with Gasteiger partial charge >= 0.3 is 5.97 Å². The number of rotatable bonds is 6. The molecule has 8 heteroatoms. The second-order valence-corrected chi connectivity index (χ2v) is 4.05. The summed E-state index contributed by atoms with van der Waals surface area (Å²) in [5, 5.41) is 22.1. The second-order valence-electron chi connectivity index (χ2n) is 4.05. The molecular formula is C12H14N2O6. The van der Waals surface area contributed by atoms with Crippen LogP contribution in [0.3, 0.4) is 0 Å². The number of amides is 1. The van der Waals surface area contributed by atoms with Gasteiger partial charge in [-0.2, -0.15) is 0 Å². The van der Waals surface area contributed by atoms with E-state index in [0.717, 1.165) is 0 Å². The largest absolute Gasteiger partial charge is 0.480 e. The monoisotopic (exact) mass is 282 g/mol. The van der Waals surface area contributed by atoms with Crippen molar-refractivity contribution < 1.29 is 24.4 Å². The topological polar surface area (TPSA) is 119 Å². The summed E-state index contributed by atoms with van der Waals surface area (Å²) in [4.78, 5) is 33.2. The highest BCUT2D eigenvalue weighted by Crippen LogP contribution is 2.22. The summed E-state index contributed by atoms with van der Waals surface area (Å²) >= 11 is 0. The highest BCUT2D eigenvalue weighted by molar-refractivity contribution is 6.00. The van der Waals surface area contributed by atoms with Gasteiger partial charge in [-0.15, -0.1) is 0 Å². The lowest BCUT2D eigenvalue weighted by atomic mass is 10.1. The predicted molar refractivity (Wildman–Crippen MR) is 68.6 cm³/mol. The number of aryl methyl sites for hydroxylation is 1. The molecule has 0 aliphatic rings. The third-order valence-corrected chi connectivity index (χ3v) is 2.60. The highest BCUT2D eigenvalue weighted by Gasteiger charge is 2.26. The fourth-order valence-electron chi connectivity index (χ4n) is 1.66. The fourth-order valence-corrected chi connectivity index (χ4v) is 1.66. The number of carboxylic acid groups (broad SMARTS) is 1. The zero-order valence-electron chi connectivity index (χ0n) is 11.0. The van der Waals surface area contributed by atoms with Crippen molar-refractivity contribution in [2.45, 2.75) is 13.0 Å². The first-order valence-electron chi connectivity index (χ1n) is 5.65. The zero-order valence-corrected chi connectivity index (χ0v) is 11.0. The van der Waals surface area contributed by atoms with Gasteiger partial charge < -0.3 is 15.2 Å². The molecule has 0 radical (unpaired) electrons. The number of aliphatic carboxylic acids is 1. The lowest BCUT2D eigenvalue weighted by Crippen LogP contribution is -2.44. The van der Waals surface area contributed by atoms with Crippen LogP contribution in [0.5, 0.6) is 0 Å². The van der Waals surface area contributed by atoms with Gasteiger partial charge in [-0.25, -0.2) is 4.79 Å². The Kier molecular flexibility index (Phi) is 5.15. The van der Waals surface area contributed by atoms with Gasteiger partial charge in [0.15, 0.2) is 6.04 Å². The molecule has 0 spiro atoms. The number of benzene rings is 1. The molecule has 1 aromatic rings. The molecule has 0 saturated carbocycles. The lowest BCUT2D eigenvalue weighted by Gasteiger charge is -2.13. The minimum Gasteiger partial charge on any atom is -0.480 e. The van der Waals surface area contributed by atoms with Gasteiger partial charge in [0.25, 0.3) is 11.6 Å². The maximum absolute atomic E-state index is 12.0. The van der Waals surface area contributed by atoms with Crippen molar-refractivity contribution in [1.29, 1.82) is 0 Å². The van der Waals surface area contributed by atoms with E-state index in [4.69, 9.17) is 5.11 Å². The molecule has 2 N–H and O–H groups in total. The Morgan fingerprint density at radius 1 is 1.50 bits per heavy atom. The number of nitro benzene ring substituents is 1. The molecule has 0 aliphatic heterocycles. The molecule has 1 atom stereocenters. The van der Waals surface area contributed by atoms with E-state index in [2.05, 4.69) is 10.1 Å². The summed E-state index contributed by atoms with van der Waals surface area (Å²) in [7, 11) is 1.29. The number of methoxy groups -OCH3 is 1. The number of hydrogen-bond donors (Lipinski definition) is 2. The van der Waals surface area contributed by atoms with Crippen LogP contribution in [0.1, 0.15) is 15.9 Å². The molecule has 0 bridgehead atoms. The third kappa shape index (κ3) is 3.51. The summed E-state index contributed by atoms with van der Waals surface area (Å²) in [6.07, 6.45) is 0. The molecule has 20 heavy (non-hydrogen) atoms. The van der Waals surface area contributed by atoms with Crippen LogP contribution in [0.25, 0.3) is 0 Å². The number of nitrogens with one attached hydrogen (secondary N) is 1. The number of carbonyl (C=O) groups is 2. The summed E-state index contributed by atoms with van der Waals surface area (Å²) in [5.41, 5.74) is -0.204. The molecule has 1 rings (SSSR count). The van der Waals surface area contributed by atoms with Crippen LogP contribution in [0.15, 0.2) is 18.2 Å². The van der Waals surface area contributed by atoms with Crippen molar-refractivity contribution in [3.05, 3.63) is 39.4 Å². The van der Waals surface area contributed by atoms with Crippen LogP contribution in [0.2, 0.25) is 0 Å². The Bertz CT molecular complexity index is 543. The van der Waals surface area contributed by atoms with Gasteiger partial charge in [-0.3, -0.25) is 14.9 Å². The van der Waals surface area contributed by atoms with Crippen LogP contribution < -0.4 is 5.32 Å². The Labute approximate surface area is 114 Å². The minimum atomic E-state index is -1.28. The van der Waals surface area contributed by atoms with E-state index in [0.29, 0.717) is 5.56 Å². The van der Waals surface area contributed by atoms with Gasteiger partial charge in [0, 0.05) is 12.7 Å². The molecule has 0 aromatic heterocycles. The number of nitro groups is 1. The van der Waals surface area contributed by atoms with Gasteiger partial charge in [0.1, 0.15) is 5.56 Å². The van der Waals surface area contributed by atoms with Crippen LogP contribution in [0, 0.1) is 17.0 Å². The summed E-state index contributed by atoms with van der Waals surface area (Å²) in [6, 6.07) is 2.99. The number of carboxylic acids is 1. The third-order valence-electron chi connectivity index (χ3n) is 2.60. The van der Waals surface area contributed by atoms with Crippen molar-refractivity contribution in [2.24, 2.45) is 0 Å². The van der Waals surface area contributed by atoms with Crippen molar-refractivity contribution in [2.75, 3.05) is 13.7 Å². The fraction of sp³-hybridized carbons (Fsp3) is 0.333. The number of hydrogen-bond acceptors (Lipinski definition) is 5. The Hall–Kier alpha value is -2.48. The van der Waals surface area contributed by atoms with E-state index in [-0.39, 0.29) is 17.9 Å². The van der Waals surface area contributed by atoms with Crippen LogP contribution in [-0.2, 0) is 9.53 Å². The Morgan fingerprint density at radius 3 is 2.65 bits per heavy atom. The molecule has 0 saturated heterocycles. The predicted octanol–water partition coefficient (Wildman–Crippen LogP) is 0.733. The van der Waals surface area contributed by atoms with Gasteiger partial charge in [0.05, 0.1) is 11.5 Å². The van der Waals surface area contributed by atoms with E-state index in [1.54, 1.807) is 0 Å². The molecule has 108 valence electrons. The number of para-hydroxylation sites is 1. The molecule has 1 unspecified atom stereocenters. The molecular weight excluding hydrogens is 268 g/mol. The Balaban J connectivity index is 3.06. The van der Waals surface area contributed by atoms with Crippen LogP contribution >= 0.6 is 0 Å². The van der Waals surface area contributed by atoms with E-state index in [1.807, 2.05) is 0 Å². The summed E-state index contributed by atoms with van der Waals surface area (Å²) in [5.74, 6) is -2.11. The summed E-state index contributed by atoms with van der Waals surface area (Å²) < 4.78 is 4.67. The molecule has 0 heterocycles. The number of carbonyl (C=O) groups excluding carboxylic acids is 1. The average Bonchev–Trinajstić information content (AvgIpc) is 2.37. The maximum atomic E-state index is 12.0. The van der Waals surface area contributed by atoms with Crippen molar-refractivity contribution in [3.63, 3.8) is 0 Å². The first-order chi connectivity index (χ1) is 9.38. The SMILES string of the molecule is COCC(NC(=O)c1cccc(C)c1[N+](=O)[O-])C(=O)O. The molecule has 0 fully saturated rings. The van der Waals surface area contributed by atoms with Gasteiger partial charge in [-0.1, -0.05) is 12.1 Å². The average molecular weight is 282 g/mol. The van der Waals surface area contributed by atoms with Crippen molar-refractivity contribution in [1.82, 2.24) is 5.32 Å². The Morgan fingerprint density at radius 2 is 2.15 bits per heavy atom. The van der Waals surface area contributed by atoms with Crippen LogP contribution in [0.4, 0.5) is 5.69 Å². The first-order valence-corrected chi connectivity index (χ1v) is 5.65. The number of ether oxygens (including phenoxy) is 1. The van der Waals surface area contributed by atoms with E-state index >= 15 is 0 Å². The standard InChI is InChI=1S/C12H14N2O6/c1-7-4-3-5-8(10(7)14(18)19)11(15)13-9(6-20-2)12(16)17/h3-5,9H,6H2,1-2H3,(H,13,15)(H,16,17). The summed E-state index contributed by atoms with van der Waals surface area (Å²) in [6.45, 7) is 1.26. The maximum Gasteiger partial charge on any atom is 0.328 e. The van der Waals surface area contributed by atoms with E-state index in [9.17, 15) is 19.7 Å². The van der Waals surface area contributed by atoms with E-state index in [1.165, 1.54) is 32.2 Å². The molecule has 1 aromatic carbocycles. The van der Waals surface area contributed by atoms with Crippen LogP contribution in [-0.4, -0.2) is 41.7 Å². The smallest absolute Gasteiger partial charge is 0.328 e. The molecule has 8 nitrogen and oxygen atoms in total. The van der Waals surface area contributed by atoms with E-state index < -0.39 is 22.8 Å². The molecule has 1 amide bonds. The second kappa shape index (κ2) is 6.62.